The first kappa shape index (κ1) is 15.7. The molecule has 2 aliphatic heterocycles. The van der Waals surface area contributed by atoms with Crippen LogP contribution in [0.5, 0.6) is 11.5 Å². The number of alkyl halides is 3. The van der Waals surface area contributed by atoms with E-state index in [1.165, 1.54) is 6.07 Å². The van der Waals surface area contributed by atoms with Gasteiger partial charge in [-0.05, 0) is 11.6 Å². The minimum atomic E-state index is -4.27. The zero-order valence-corrected chi connectivity index (χ0v) is 12.5. The van der Waals surface area contributed by atoms with E-state index < -0.39 is 18.6 Å². The van der Waals surface area contributed by atoms with E-state index >= 15 is 0 Å². The van der Waals surface area contributed by atoms with Gasteiger partial charge in [-0.1, -0.05) is 11.6 Å². The third-order valence-corrected chi connectivity index (χ3v) is 4.20. The topological polar surface area (TPSA) is 33.7 Å². The Morgan fingerprint density at radius 3 is 2.45 bits per heavy atom. The highest BCUT2D eigenvalue weighted by Crippen LogP contribution is 2.43. The largest absolute Gasteiger partial charge is 0.454 e. The molecule has 3 rings (SSSR count). The Kier molecular flexibility index (Phi) is 4.38. The fourth-order valence-electron chi connectivity index (χ4n) is 2.84. The number of nitrogens with zero attached hydrogens (tertiary/aromatic N) is 1. The van der Waals surface area contributed by atoms with Crippen molar-refractivity contribution >= 4 is 11.6 Å². The summed E-state index contributed by atoms with van der Waals surface area (Å²) in [5.74, 6) is 0.918. The van der Waals surface area contributed by atoms with Crippen molar-refractivity contribution in [3.8, 4) is 11.5 Å². The number of fused-ring (bicyclic) bond motifs is 1. The van der Waals surface area contributed by atoms with E-state index in [-0.39, 0.29) is 11.8 Å². The zero-order valence-electron chi connectivity index (χ0n) is 11.8. The van der Waals surface area contributed by atoms with Crippen molar-refractivity contribution in [3.05, 3.63) is 22.7 Å². The molecule has 1 aromatic rings. The van der Waals surface area contributed by atoms with Crippen LogP contribution in [0, 0.1) is 0 Å². The van der Waals surface area contributed by atoms with Gasteiger partial charge in [0.25, 0.3) is 0 Å². The number of rotatable bonds is 3. The molecule has 122 valence electrons. The van der Waals surface area contributed by atoms with Crippen molar-refractivity contribution < 1.29 is 22.6 Å². The van der Waals surface area contributed by atoms with Crippen LogP contribution in [0.2, 0.25) is 5.02 Å². The average molecular weight is 337 g/mol. The van der Waals surface area contributed by atoms with Crippen LogP contribution in [0.4, 0.5) is 13.2 Å². The van der Waals surface area contributed by atoms with E-state index in [1.807, 2.05) is 4.90 Å². The first-order chi connectivity index (χ1) is 10.4. The molecule has 0 saturated carbocycles. The van der Waals surface area contributed by atoms with Crippen molar-refractivity contribution in [1.82, 2.24) is 10.2 Å². The Labute approximate surface area is 131 Å². The molecule has 1 N–H and O–H groups in total. The molecule has 0 aliphatic carbocycles. The number of halogens is 4. The predicted octanol–water partition coefficient (Wildman–Crippen LogP) is 2.97. The molecule has 1 atom stereocenters. The second-order valence-electron chi connectivity index (χ2n) is 5.35. The number of hydrogen-bond donors (Lipinski definition) is 1. The monoisotopic (exact) mass is 336 g/mol. The molecule has 0 bridgehead atoms. The van der Waals surface area contributed by atoms with Gasteiger partial charge in [-0.25, -0.2) is 0 Å². The third-order valence-electron chi connectivity index (χ3n) is 3.87. The summed E-state index contributed by atoms with van der Waals surface area (Å²) in [5, 5.41) is 3.41. The van der Waals surface area contributed by atoms with Crippen LogP contribution in [0.15, 0.2) is 12.1 Å². The average Bonchev–Trinajstić information content (AvgIpc) is 2.91. The number of nitrogens with one attached hydrogen (secondary N) is 1. The third kappa shape index (κ3) is 3.42. The second-order valence-corrected chi connectivity index (χ2v) is 5.76. The maximum Gasteiger partial charge on any atom is 0.390 e. The Balaban J connectivity index is 1.94. The maximum absolute atomic E-state index is 13.0. The van der Waals surface area contributed by atoms with Gasteiger partial charge in [0, 0.05) is 43.3 Å². The second kappa shape index (κ2) is 6.14. The van der Waals surface area contributed by atoms with Crippen LogP contribution < -0.4 is 14.8 Å². The molecule has 0 aromatic heterocycles. The van der Waals surface area contributed by atoms with E-state index in [2.05, 4.69) is 5.32 Å². The van der Waals surface area contributed by atoms with Crippen LogP contribution in [0.25, 0.3) is 0 Å². The normalized spacial score (nSPS) is 20.2. The van der Waals surface area contributed by atoms with E-state index in [1.54, 1.807) is 6.07 Å². The van der Waals surface area contributed by atoms with Crippen LogP contribution in [0.3, 0.4) is 0 Å². The lowest BCUT2D eigenvalue weighted by Crippen LogP contribution is -2.46. The molecule has 22 heavy (non-hydrogen) atoms. The minimum absolute atomic E-state index is 0.0622. The van der Waals surface area contributed by atoms with E-state index in [9.17, 15) is 13.2 Å². The first-order valence-corrected chi connectivity index (χ1v) is 7.42. The standard InChI is InChI=1S/C14H16ClF3N2O2/c15-10-6-13-12(21-8-22-13)5-9(10)11(7-14(16,17)18)20-3-1-19-2-4-20/h5-6,11,19H,1-4,7-8H2/t11-/m1/s1. The summed E-state index contributed by atoms with van der Waals surface area (Å²) in [6.07, 6.45) is -5.21. The molecule has 2 heterocycles. The molecule has 8 heteroatoms. The predicted molar refractivity (Wildman–Crippen MR) is 75.4 cm³/mol. The van der Waals surface area contributed by atoms with Gasteiger partial charge in [-0.3, -0.25) is 4.90 Å². The van der Waals surface area contributed by atoms with Crippen LogP contribution in [0.1, 0.15) is 18.0 Å². The van der Waals surface area contributed by atoms with Gasteiger partial charge >= 0.3 is 6.18 Å². The molecule has 1 aromatic carbocycles. The highest BCUT2D eigenvalue weighted by molar-refractivity contribution is 6.31. The molecule has 0 amide bonds. The smallest absolute Gasteiger partial charge is 0.390 e. The van der Waals surface area contributed by atoms with Gasteiger partial charge in [-0.2, -0.15) is 13.2 Å². The molecule has 0 unspecified atom stereocenters. The Hall–Kier alpha value is -1.18. The van der Waals surface area contributed by atoms with Crippen LogP contribution in [-0.2, 0) is 0 Å². The van der Waals surface area contributed by atoms with Gasteiger partial charge < -0.3 is 14.8 Å². The van der Waals surface area contributed by atoms with Gasteiger partial charge in [-0.15, -0.1) is 0 Å². The summed E-state index contributed by atoms with van der Waals surface area (Å²) in [6, 6.07) is 2.29. The highest BCUT2D eigenvalue weighted by atomic mass is 35.5. The lowest BCUT2D eigenvalue weighted by Gasteiger charge is -2.36. The van der Waals surface area contributed by atoms with Crippen LogP contribution in [-0.4, -0.2) is 44.0 Å². The number of benzene rings is 1. The fraction of sp³-hybridized carbons (Fsp3) is 0.571. The number of piperazine rings is 1. The summed E-state index contributed by atoms with van der Waals surface area (Å²) >= 11 is 6.21. The SMILES string of the molecule is FC(F)(F)C[C@H](c1cc2c(cc1Cl)OCO2)N1CCNCC1. The highest BCUT2D eigenvalue weighted by Gasteiger charge is 2.37. The Morgan fingerprint density at radius 2 is 1.82 bits per heavy atom. The van der Waals surface area contributed by atoms with Crippen molar-refractivity contribution in [2.45, 2.75) is 18.6 Å². The number of ether oxygens (including phenoxy) is 2. The van der Waals surface area contributed by atoms with Gasteiger partial charge in [0.1, 0.15) is 0 Å². The molecule has 0 spiro atoms. The summed E-state index contributed by atoms with van der Waals surface area (Å²) in [5.41, 5.74) is 0.435. The molecular formula is C14H16ClF3N2O2. The van der Waals surface area contributed by atoms with Crippen molar-refractivity contribution in [2.75, 3.05) is 33.0 Å². The lowest BCUT2D eigenvalue weighted by atomic mass is 10.00. The van der Waals surface area contributed by atoms with Crippen molar-refractivity contribution in [2.24, 2.45) is 0 Å². The van der Waals surface area contributed by atoms with Crippen LogP contribution >= 0.6 is 11.6 Å². The molecule has 0 radical (unpaired) electrons. The summed E-state index contributed by atoms with van der Waals surface area (Å²) < 4.78 is 49.5. The molecule has 4 nitrogen and oxygen atoms in total. The van der Waals surface area contributed by atoms with Crippen molar-refractivity contribution in [1.29, 1.82) is 0 Å². The molecule has 2 aliphatic rings. The summed E-state index contributed by atoms with van der Waals surface area (Å²) in [6.45, 7) is 2.48. The molecule has 1 saturated heterocycles. The summed E-state index contributed by atoms with van der Waals surface area (Å²) in [4.78, 5) is 1.81. The first-order valence-electron chi connectivity index (χ1n) is 7.04. The summed E-state index contributed by atoms with van der Waals surface area (Å²) in [7, 11) is 0. The molecule has 1 fully saturated rings. The van der Waals surface area contributed by atoms with E-state index in [0.717, 1.165) is 0 Å². The van der Waals surface area contributed by atoms with Crippen molar-refractivity contribution in [3.63, 3.8) is 0 Å². The van der Waals surface area contributed by atoms with E-state index in [0.29, 0.717) is 43.2 Å². The van der Waals surface area contributed by atoms with E-state index in [4.69, 9.17) is 21.1 Å². The molecular weight excluding hydrogens is 321 g/mol. The Morgan fingerprint density at radius 1 is 1.18 bits per heavy atom. The lowest BCUT2D eigenvalue weighted by molar-refractivity contribution is -0.148. The van der Waals surface area contributed by atoms with Gasteiger partial charge in [0.2, 0.25) is 6.79 Å². The zero-order chi connectivity index (χ0) is 15.7. The van der Waals surface area contributed by atoms with Gasteiger partial charge in [0.15, 0.2) is 11.5 Å². The minimum Gasteiger partial charge on any atom is -0.454 e. The fourth-order valence-corrected chi connectivity index (χ4v) is 3.12. The maximum atomic E-state index is 13.0. The van der Waals surface area contributed by atoms with Gasteiger partial charge in [0.05, 0.1) is 6.42 Å². The Bertz CT molecular complexity index is 548. The number of hydrogen-bond acceptors (Lipinski definition) is 4. The quantitative estimate of drug-likeness (QED) is 0.920.